The maximum Gasteiger partial charge on any atom is 0.437 e. The van der Waals surface area contributed by atoms with Gasteiger partial charge in [0.1, 0.15) is 5.71 Å². The lowest BCUT2D eigenvalue weighted by molar-refractivity contribution is -0.141. The van der Waals surface area contributed by atoms with Crippen molar-refractivity contribution in [3.63, 3.8) is 0 Å². The molecule has 2 heterocycles. The van der Waals surface area contributed by atoms with E-state index >= 15 is 0 Å². The third-order valence-electron chi connectivity index (χ3n) is 5.78. The number of carbonyl (C=O) groups is 1. The van der Waals surface area contributed by atoms with Gasteiger partial charge in [-0.3, -0.25) is 4.79 Å². The Labute approximate surface area is 213 Å². The van der Waals surface area contributed by atoms with Crippen molar-refractivity contribution in [3.05, 3.63) is 64.1 Å². The number of rotatable bonds is 9. The van der Waals surface area contributed by atoms with Crippen LogP contribution < -0.4 is 5.32 Å². The van der Waals surface area contributed by atoms with Crippen LogP contribution in [0.1, 0.15) is 53.4 Å². The molecule has 0 saturated heterocycles. The molecular formula is C26H30F3N7O. The molecule has 37 heavy (non-hydrogen) atoms. The lowest BCUT2D eigenvalue weighted by atomic mass is 10.00. The molecule has 196 valence electrons. The van der Waals surface area contributed by atoms with Crippen LogP contribution in [0.3, 0.4) is 0 Å². The second-order valence-electron chi connectivity index (χ2n) is 8.98. The molecule has 2 N–H and O–H groups in total. The van der Waals surface area contributed by atoms with Crippen LogP contribution >= 0.6 is 0 Å². The highest BCUT2D eigenvalue weighted by Gasteiger charge is 2.37. The first kappa shape index (κ1) is 27.7. The smallest absolute Gasteiger partial charge is 0.320 e. The van der Waals surface area contributed by atoms with Gasteiger partial charge in [-0.2, -0.15) is 13.2 Å². The first-order valence-electron chi connectivity index (χ1n) is 11.8. The van der Waals surface area contributed by atoms with Gasteiger partial charge in [-0.05, 0) is 56.9 Å². The molecule has 1 amide bonds. The molecule has 0 aliphatic heterocycles. The van der Waals surface area contributed by atoms with E-state index in [2.05, 4.69) is 32.5 Å². The van der Waals surface area contributed by atoms with Gasteiger partial charge in [0, 0.05) is 24.0 Å². The average Bonchev–Trinajstić information content (AvgIpc) is 3.17. The van der Waals surface area contributed by atoms with Crippen molar-refractivity contribution < 1.29 is 18.0 Å². The molecule has 0 aliphatic rings. The van der Waals surface area contributed by atoms with Gasteiger partial charge in [-0.15, -0.1) is 5.10 Å². The number of aryl methyl sites for hydroxylation is 4. The Morgan fingerprint density at radius 1 is 1.16 bits per heavy atom. The summed E-state index contributed by atoms with van der Waals surface area (Å²) in [5.74, 6) is -0.184. The van der Waals surface area contributed by atoms with Crippen molar-refractivity contribution in [1.82, 2.24) is 20.0 Å². The Morgan fingerprint density at radius 2 is 1.89 bits per heavy atom. The number of aliphatic imine (C=N–C) groups is 1. The summed E-state index contributed by atoms with van der Waals surface area (Å²) in [6.07, 6.45) is -1.64. The Kier molecular flexibility index (Phi) is 8.57. The SMILES string of the molecule is CCCc1cc(C)cc(C)c1NC(=O)C(CC(=N)Cn1nnc(C(F)(F)F)c1C)=Nc1ncccc1C. The minimum absolute atomic E-state index is 0.0167. The van der Waals surface area contributed by atoms with Crippen LogP contribution in [-0.4, -0.2) is 37.3 Å². The first-order chi connectivity index (χ1) is 17.4. The largest absolute Gasteiger partial charge is 0.437 e. The van der Waals surface area contributed by atoms with Crippen LogP contribution in [0.4, 0.5) is 24.7 Å². The Balaban J connectivity index is 1.92. The molecule has 1 aromatic carbocycles. The van der Waals surface area contributed by atoms with E-state index in [0.29, 0.717) is 11.5 Å². The highest BCUT2D eigenvalue weighted by atomic mass is 19.4. The van der Waals surface area contributed by atoms with Crippen molar-refractivity contribution in [2.45, 2.75) is 66.6 Å². The van der Waals surface area contributed by atoms with Gasteiger partial charge in [0.25, 0.3) is 5.91 Å². The quantitative estimate of drug-likeness (QED) is 0.358. The Bertz CT molecular complexity index is 1340. The van der Waals surface area contributed by atoms with Crippen molar-refractivity contribution in [1.29, 1.82) is 5.41 Å². The van der Waals surface area contributed by atoms with Crippen LogP contribution in [-0.2, 0) is 23.9 Å². The zero-order valence-corrected chi connectivity index (χ0v) is 21.5. The molecule has 0 fully saturated rings. The summed E-state index contributed by atoms with van der Waals surface area (Å²) in [6.45, 7) is 8.73. The van der Waals surface area contributed by atoms with E-state index < -0.39 is 17.8 Å². The zero-order valence-electron chi connectivity index (χ0n) is 21.5. The number of amides is 1. The van der Waals surface area contributed by atoms with Crippen LogP contribution in [0.15, 0.2) is 35.5 Å². The average molecular weight is 514 g/mol. The van der Waals surface area contributed by atoms with E-state index in [1.54, 1.807) is 25.3 Å². The molecule has 3 rings (SSSR count). The van der Waals surface area contributed by atoms with E-state index in [9.17, 15) is 18.0 Å². The summed E-state index contributed by atoms with van der Waals surface area (Å²) in [5.41, 5.74) is 3.06. The van der Waals surface area contributed by atoms with Crippen molar-refractivity contribution in [2.75, 3.05) is 5.32 Å². The lowest BCUT2D eigenvalue weighted by Crippen LogP contribution is -2.27. The van der Waals surface area contributed by atoms with Crippen LogP contribution in [0.2, 0.25) is 0 Å². The summed E-state index contributed by atoms with van der Waals surface area (Å²) >= 11 is 0. The topological polar surface area (TPSA) is 109 Å². The monoisotopic (exact) mass is 513 g/mol. The number of hydrogen-bond donors (Lipinski definition) is 2. The standard InChI is InChI=1S/C26H30F3N7O/c1-6-8-19-12-15(2)11-17(4)22(19)33-25(37)21(32-24-16(3)9-7-10-31-24)13-20(30)14-36-18(5)23(34-35-36)26(27,28)29/h7,9-12,30H,6,8,13-14H2,1-5H3,(H,33,37). The van der Waals surface area contributed by atoms with E-state index in [1.165, 1.54) is 6.92 Å². The van der Waals surface area contributed by atoms with Gasteiger partial charge in [0.2, 0.25) is 0 Å². The van der Waals surface area contributed by atoms with Gasteiger partial charge in [0.15, 0.2) is 11.5 Å². The second-order valence-corrected chi connectivity index (χ2v) is 8.98. The fraction of sp³-hybridized carbons (Fsp3) is 0.385. The van der Waals surface area contributed by atoms with Crippen LogP contribution in [0.25, 0.3) is 0 Å². The lowest BCUT2D eigenvalue weighted by Gasteiger charge is -2.16. The number of pyridine rings is 1. The van der Waals surface area contributed by atoms with Gasteiger partial charge >= 0.3 is 6.18 Å². The minimum atomic E-state index is -4.64. The fourth-order valence-electron chi connectivity index (χ4n) is 3.99. The number of benzene rings is 1. The third kappa shape index (κ3) is 6.87. The van der Waals surface area contributed by atoms with E-state index in [0.717, 1.165) is 39.8 Å². The molecule has 8 nitrogen and oxygen atoms in total. The van der Waals surface area contributed by atoms with Crippen LogP contribution in [0, 0.1) is 33.1 Å². The molecule has 2 aromatic heterocycles. The van der Waals surface area contributed by atoms with Crippen molar-refractivity contribution >= 4 is 28.8 Å². The number of nitrogens with one attached hydrogen (secondary N) is 2. The number of alkyl halides is 3. The van der Waals surface area contributed by atoms with Crippen LogP contribution in [0.5, 0.6) is 0 Å². The molecule has 0 saturated carbocycles. The zero-order chi connectivity index (χ0) is 27.3. The number of aromatic nitrogens is 4. The predicted octanol–water partition coefficient (Wildman–Crippen LogP) is 5.70. The molecular weight excluding hydrogens is 483 g/mol. The number of nitrogens with zero attached hydrogens (tertiary/aromatic N) is 5. The van der Waals surface area contributed by atoms with E-state index in [1.807, 2.05) is 26.0 Å². The molecule has 0 atom stereocenters. The molecule has 11 heteroatoms. The molecule has 0 radical (unpaired) electrons. The number of hydrogen-bond acceptors (Lipinski definition) is 6. The minimum Gasteiger partial charge on any atom is -0.320 e. The summed E-state index contributed by atoms with van der Waals surface area (Å²) in [4.78, 5) is 22.1. The van der Waals surface area contributed by atoms with Gasteiger partial charge in [0.05, 0.1) is 12.2 Å². The highest BCUT2D eigenvalue weighted by Crippen LogP contribution is 2.29. The number of carbonyl (C=O) groups excluding carboxylic acids is 1. The molecule has 0 bridgehead atoms. The third-order valence-corrected chi connectivity index (χ3v) is 5.78. The summed E-state index contributed by atoms with van der Waals surface area (Å²) < 4.78 is 40.3. The summed E-state index contributed by atoms with van der Waals surface area (Å²) in [6, 6.07) is 7.55. The normalized spacial score (nSPS) is 12.1. The number of halogens is 3. The van der Waals surface area contributed by atoms with Gasteiger partial charge in [-0.1, -0.05) is 42.3 Å². The summed E-state index contributed by atoms with van der Waals surface area (Å²) in [5, 5.41) is 18.1. The predicted molar refractivity (Wildman–Crippen MR) is 137 cm³/mol. The second kappa shape index (κ2) is 11.4. The highest BCUT2D eigenvalue weighted by molar-refractivity contribution is 6.46. The summed E-state index contributed by atoms with van der Waals surface area (Å²) in [7, 11) is 0. The molecule has 0 aliphatic carbocycles. The Hall–Kier alpha value is -3.89. The molecule has 3 aromatic rings. The fourth-order valence-corrected chi connectivity index (χ4v) is 3.99. The molecule has 0 spiro atoms. The first-order valence-corrected chi connectivity index (χ1v) is 11.8. The number of anilines is 1. The van der Waals surface area contributed by atoms with Gasteiger partial charge < -0.3 is 10.7 Å². The maximum absolute atomic E-state index is 13.5. The Morgan fingerprint density at radius 3 is 2.51 bits per heavy atom. The van der Waals surface area contributed by atoms with Crippen molar-refractivity contribution in [2.24, 2.45) is 4.99 Å². The van der Waals surface area contributed by atoms with E-state index in [-0.39, 0.29) is 30.1 Å². The maximum atomic E-state index is 13.5. The molecule has 0 unspecified atom stereocenters. The van der Waals surface area contributed by atoms with Crippen molar-refractivity contribution in [3.8, 4) is 0 Å². The van der Waals surface area contributed by atoms with Gasteiger partial charge in [-0.25, -0.2) is 14.7 Å². The van der Waals surface area contributed by atoms with E-state index in [4.69, 9.17) is 5.41 Å².